The minimum absolute atomic E-state index is 0.0155. The van der Waals surface area contributed by atoms with Gasteiger partial charge in [-0.1, -0.05) is 0 Å². The van der Waals surface area contributed by atoms with Gasteiger partial charge >= 0.3 is 0 Å². The van der Waals surface area contributed by atoms with E-state index < -0.39 is 0 Å². The second kappa shape index (κ2) is 5.30. The third kappa shape index (κ3) is 4.18. The third-order valence-corrected chi connectivity index (χ3v) is 2.15. The van der Waals surface area contributed by atoms with Gasteiger partial charge in [0.2, 0.25) is 5.91 Å². The van der Waals surface area contributed by atoms with Crippen LogP contribution in [0.2, 0.25) is 0 Å². The Hall–Kier alpha value is -1.10. The summed E-state index contributed by atoms with van der Waals surface area (Å²) in [6.45, 7) is 6.41. The van der Waals surface area contributed by atoms with Crippen LogP contribution < -0.4 is 5.32 Å². The largest absolute Gasteiger partial charge is 0.351 e. The molecule has 1 rings (SSSR count). The molecular formula is C10H17ClN4O. The summed E-state index contributed by atoms with van der Waals surface area (Å²) in [5.41, 5.74) is -0.195. The van der Waals surface area contributed by atoms with Crippen LogP contribution in [0, 0.1) is 0 Å². The average Bonchev–Trinajstić information content (AvgIpc) is 2.59. The van der Waals surface area contributed by atoms with E-state index in [4.69, 9.17) is 11.6 Å². The van der Waals surface area contributed by atoms with Gasteiger partial charge in [-0.15, -0.1) is 21.8 Å². The monoisotopic (exact) mass is 244 g/mol. The fraction of sp³-hybridized carbons (Fsp3) is 0.700. The molecule has 90 valence electrons. The molecule has 0 bridgehead atoms. The molecule has 6 heteroatoms. The summed E-state index contributed by atoms with van der Waals surface area (Å²) in [5, 5.41) is 10.5. The second-order valence-electron chi connectivity index (χ2n) is 4.62. The van der Waals surface area contributed by atoms with Crippen LogP contribution in [0.25, 0.3) is 0 Å². The summed E-state index contributed by atoms with van der Waals surface area (Å²) in [6.07, 6.45) is 1.99. The highest BCUT2D eigenvalue weighted by Crippen LogP contribution is 2.03. The summed E-state index contributed by atoms with van der Waals surface area (Å²) in [7, 11) is 0. The van der Waals surface area contributed by atoms with E-state index in [9.17, 15) is 4.79 Å². The first-order valence-corrected chi connectivity index (χ1v) is 5.69. The molecule has 0 unspecified atom stereocenters. The molecule has 0 atom stereocenters. The van der Waals surface area contributed by atoms with Crippen LogP contribution in [-0.2, 0) is 17.2 Å². The number of carbonyl (C=O) groups is 1. The molecule has 1 aromatic heterocycles. The van der Waals surface area contributed by atoms with Crippen molar-refractivity contribution < 1.29 is 4.79 Å². The average molecular weight is 245 g/mol. The van der Waals surface area contributed by atoms with Crippen molar-refractivity contribution in [3.8, 4) is 0 Å². The second-order valence-corrected chi connectivity index (χ2v) is 4.89. The normalized spacial score (nSPS) is 11.5. The van der Waals surface area contributed by atoms with Gasteiger partial charge in [-0.25, -0.2) is 0 Å². The first-order valence-electron chi connectivity index (χ1n) is 5.16. The van der Waals surface area contributed by atoms with Crippen molar-refractivity contribution in [2.75, 3.05) is 0 Å². The molecule has 0 aliphatic rings. The van der Waals surface area contributed by atoms with E-state index in [0.717, 1.165) is 0 Å². The van der Waals surface area contributed by atoms with Gasteiger partial charge in [0.15, 0.2) is 0 Å². The minimum Gasteiger partial charge on any atom is -0.351 e. The Bertz CT molecular complexity index is 356. The molecule has 1 amide bonds. The van der Waals surface area contributed by atoms with E-state index in [-0.39, 0.29) is 11.4 Å². The fourth-order valence-electron chi connectivity index (χ4n) is 1.27. The Morgan fingerprint density at radius 1 is 1.56 bits per heavy atom. The number of halogens is 1. The minimum atomic E-state index is -0.195. The summed E-state index contributed by atoms with van der Waals surface area (Å²) in [6, 6.07) is 0. The Morgan fingerprint density at radius 2 is 2.25 bits per heavy atom. The zero-order valence-corrected chi connectivity index (χ0v) is 10.6. The topological polar surface area (TPSA) is 59.8 Å². The Morgan fingerprint density at radius 3 is 2.81 bits per heavy atom. The molecule has 0 fully saturated rings. The summed E-state index contributed by atoms with van der Waals surface area (Å²) < 4.78 is 1.79. The maximum atomic E-state index is 11.6. The van der Waals surface area contributed by atoms with Crippen LogP contribution in [0.5, 0.6) is 0 Å². The molecule has 0 saturated heterocycles. The lowest BCUT2D eigenvalue weighted by molar-refractivity contribution is -0.122. The summed E-state index contributed by atoms with van der Waals surface area (Å²) in [4.78, 5) is 11.6. The van der Waals surface area contributed by atoms with Crippen molar-refractivity contribution in [1.82, 2.24) is 20.1 Å². The molecule has 0 spiro atoms. The summed E-state index contributed by atoms with van der Waals surface area (Å²) >= 11 is 5.67. The van der Waals surface area contributed by atoms with Gasteiger partial charge in [0.05, 0.1) is 5.88 Å². The zero-order valence-electron chi connectivity index (χ0n) is 9.83. The number of rotatable bonds is 4. The SMILES string of the molecule is CC(C)(C)NC(=O)CCn1cnnc1CCl. The van der Waals surface area contributed by atoms with E-state index in [0.29, 0.717) is 24.7 Å². The van der Waals surface area contributed by atoms with Gasteiger partial charge in [0.1, 0.15) is 12.2 Å². The van der Waals surface area contributed by atoms with E-state index in [1.807, 2.05) is 20.8 Å². The molecule has 0 saturated carbocycles. The van der Waals surface area contributed by atoms with Crippen LogP contribution >= 0.6 is 11.6 Å². The molecule has 1 heterocycles. The molecule has 5 nitrogen and oxygen atoms in total. The van der Waals surface area contributed by atoms with Crippen LogP contribution in [-0.4, -0.2) is 26.2 Å². The molecular weight excluding hydrogens is 228 g/mol. The van der Waals surface area contributed by atoms with Crippen LogP contribution in [0.15, 0.2) is 6.33 Å². The van der Waals surface area contributed by atoms with Crippen LogP contribution in [0.1, 0.15) is 33.0 Å². The van der Waals surface area contributed by atoms with E-state index in [2.05, 4.69) is 15.5 Å². The zero-order chi connectivity index (χ0) is 12.2. The fourth-order valence-corrected chi connectivity index (χ4v) is 1.48. The standard InChI is InChI=1S/C10H17ClN4O/c1-10(2,3)13-9(16)4-5-15-7-12-14-8(15)6-11/h7H,4-6H2,1-3H3,(H,13,16). The molecule has 0 aliphatic heterocycles. The number of nitrogens with zero attached hydrogens (tertiary/aromatic N) is 3. The summed E-state index contributed by atoms with van der Waals surface area (Å²) in [5.74, 6) is 1.01. The maximum Gasteiger partial charge on any atom is 0.222 e. The van der Waals surface area contributed by atoms with Crippen molar-refractivity contribution in [3.63, 3.8) is 0 Å². The molecule has 1 aromatic rings. The van der Waals surface area contributed by atoms with Gasteiger partial charge in [-0.2, -0.15) is 0 Å². The van der Waals surface area contributed by atoms with Crippen molar-refractivity contribution in [2.45, 2.75) is 45.2 Å². The highest BCUT2D eigenvalue weighted by Gasteiger charge is 2.13. The van der Waals surface area contributed by atoms with E-state index >= 15 is 0 Å². The molecule has 0 aromatic carbocycles. The molecule has 0 radical (unpaired) electrons. The molecule has 16 heavy (non-hydrogen) atoms. The third-order valence-electron chi connectivity index (χ3n) is 1.91. The predicted octanol–water partition coefficient (Wildman–Crippen LogP) is 1.32. The maximum absolute atomic E-state index is 11.6. The number of aryl methyl sites for hydroxylation is 1. The molecule has 1 N–H and O–H groups in total. The quantitative estimate of drug-likeness (QED) is 0.813. The lowest BCUT2D eigenvalue weighted by Crippen LogP contribution is -2.40. The molecule has 0 aliphatic carbocycles. The van der Waals surface area contributed by atoms with Crippen molar-refractivity contribution in [1.29, 1.82) is 0 Å². The number of aromatic nitrogens is 3. The van der Waals surface area contributed by atoms with E-state index in [1.54, 1.807) is 10.9 Å². The first-order chi connectivity index (χ1) is 7.42. The highest BCUT2D eigenvalue weighted by molar-refractivity contribution is 6.16. The number of nitrogens with one attached hydrogen (secondary N) is 1. The van der Waals surface area contributed by atoms with Crippen molar-refractivity contribution in [2.24, 2.45) is 0 Å². The Labute approximate surface area is 100 Å². The van der Waals surface area contributed by atoms with Gasteiger partial charge in [0, 0.05) is 18.5 Å². The predicted molar refractivity (Wildman–Crippen MR) is 62.1 cm³/mol. The number of alkyl halides is 1. The number of hydrogen-bond donors (Lipinski definition) is 1. The number of amides is 1. The van der Waals surface area contributed by atoms with Crippen LogP contribution in [0.3, 0.4) is 0 Å². The number of hydrogen-bond acceptors (Lipinski definition) is 3. The van der Waals surface area contributed by atoms with Crippen LogP contribution in [0.4, 0.5) is 0 Å². The lowest BCUT2D eigenvalue weighted by Gasteiger charge is -2.20. The van der Waals surface area contributed by atoms with Gasteiger partial charge < -0.3 is 9.88 Å². The van der Waals surface area contributed by atoms with Crippen molar-refractivity contribution in [3.05, 3.63) is 12.2 Å². The smallest absolute Gasteiger partial charge is 0.222 e. The highest BCUT2D eigenvalue weighted by atomic mass is 35.5. The lowest BCUT2D eigenvalue weighted by atomic mass is 10.1. The van der Waals surface area contributed by atoms with Gasteiger partial charge in [-0.05, 0) is 20.8 Å². The van der Waals surface area contributed by atoms with E-state index in [1.165, 1.54) is 0 Å². The Kier molecular flexibility index (Phi) is 4.29. The first kappa shape index (κ1) is 13.0. The Balaban J connectivity index is 2.43. The van der Waals surface area contributed by atoms with Gasteiger partial charge in [-0.3, -0.25) is 4.79 Å². The van der Waals surface area contributed by atoms with Gasteiger partial charge in [0.25, 0.3) is 0 Å². The number of carbonyl (C=O) groups excluding carboxylic acids is 1. The van der Waals surface area contributed by atoms with Crippen molar-refractivity contribution >= 4 is 17.5 Å².